The van der Waals surface area contributed by atoms with Crippen LogP contribution in [0, 0.1) is 17.8 Å². The van der Waals surface area contributed by atoms with Gasteiger partial charge in [0.15, 0.2) is 6.10 Å². The largest absolute Gasteiger partial charge is 0.466 e. The highest BCUT2D eigenvalue weighted by Gasteiger charge is 2.40. The second-order valence-electron chi connectivity index (χ2n) is 8.46. The van der Waals surface area contributed by atoms with Crippen LogP contribution in [0.1, 0.15) is 78.6 Å². The van der Waals surface area contributed by atoms with Crippen LogP contribution in [0.25, 0.3) is 0 Å². The van der Waals surface area contributed by atoms with Crippen LogP contribution in [0.15, 0.2) is 24.3 Å². The number of methoxy groups -OCH3 is 1. The molecule has 0 aliphatic heterocycles. The van der Waals surface area contributed by atoms with E-state index in [4.69, 9.17) is 9.47 Å². The summed E-state index contributed by atoms with van der Waals surface area (Å²) < 4.78 is 15.4. The summed E-state index contributed by atoms with van der Waals surface area (Å²) in [6.07, 6.45) is 15.7. The van der Waals surface area contributed by atoms with Crippen LogP contribution in [0.3, 0.4) is 0 Å². The monoisotopic (exact) mass is 450 g/mol. The summed E-state index contributed by atoms with van der Waals surface area (Å²) in [5.41, 5.74) is 0. The summed E-state index contributed by atoms with van der Waals surface area (Å²) >= 11 is 0. The summed E-state index contributed by atoms with van der Waals surface area (Å²) in [5, 5.41) is 0. The van der Waals surface area contributed by atoms with Crippen LogP contribution in [-0.2, 0) is 28.6 Å². The van der Waals surface area contributed by atoms with E-state index in [1.165, 1.54) is 39.7 Å². The van der Waals surface area contributed by atoms with E-state index in [0.717, 1.165) is 6.42 Å². The third-order valence-corrected chi connectivity index (χ3v) is 5.93. The van der Waals surface area contributed by atoms with Crippen molar-refractivity contribution < 1.29 is 28.6 Å². The van der Waals surface area contributed by atoms with Crippen LogP contribution >= 0.6 is 0 Å². The minimum Gasteiger partial charge on any atom is -0.466 e. The van der Waals surface area contributed by atoms with Gasteiger partial charge in [0, 0.05) is 25.9 Å². The molecule has 6 heteroatoms. The van der Waals surface area contributed by atoms with Crippen molar-refractivity contribution in [3.05, 3.63) is 24.3 Å². The highest BCUT2D eigenvalue weighted by Crippen LogP contribution is 2.38. The molecule has 0 heterocycles. The summed E-state index contributed by atoms with van der Waals surface area (Å²) in [7, 11) is 1.27. The third-order valence-electron chi connectivity index (χ3n) is 5.93. The highest BCUT2D eigenvalue weighted by molar-refractivity contribution is 5.84. The van der Waals surface area contributed by atoms with E-state index in [0.29, 0.717) is 44.7 Å². The molecular weight excluding hydrogens is 408 g/mol. The van der Waals surface area contributed by atoms with Gasteiger partial charge in [-0.3, -0.25) is 9.59 Å². The number of allylic oxidation sites excluding steroid dienone is 4. The first-order valence-electron chi connectivity index (χ1n) is 12.1. The number of esters is 2. The van der Waals surface area contributed by atoms with Crippen LogP contribution in [-0.4, -0.2) is 44.1 Å². The lowest BCUT2D eigenvalue weighted by molar-refractivity contribution is -0.165. The Labute approximate surface area is 193 Å². The van der Waals surface area contributed by atoms with Gasteiger partial charge in [-0.05, 0) is 50.9 Å². The second-order valence-corrected chi connectivity index (χ2v) is 8.46. The summed E-state index contributed by atoms with van der Waals surface area (Å²) in [4.78, 5) is 35.6. The normalized spacial score (nSPS) is 22.0. The average molecular weight is 451 g/mol. The number of ketones is 1. The summed E-state index contributed by atoms with van der Waals surface area (Å²) in [6.45, 7) is 6.74. The van der Waals surface area contributed by atoms with E-state index in [1.807, 2.05) is 19.1 Å². The first kappa shape index (κ1) is 28.1. The Morgan fingerprint density at radius 2 is 1.88 bits per heavy atom. The van der Waals surface area contributed by atoms with Gasteiger partial charge in [0.25, 0.3) is 0 Å². The van der Waals surface area contributed by atoms with Crippen molar-refractivity contribution in [2.75, 3.05) is 20.3 Å². The first-order chi connectivity index (χ1) is 15.4. The predicted octanol–water partition coefficient (Wildman–Crippen LogP) is 5.20. The molecule has 1 fully saturated rings. The zero-order chi connectivity index (χ0) is 23.8. The van der Waals surface area contributed by atoms with Gasteiger partial charge < -0.3 is 14.2 Å². The number of unbranched alkanes of at least 4 members (excludes halogenated alkanes) is 4. The van der Waals surface area contributed by atoms with Gasteiger partial charge in [-0.25, -0.2) is 4.79 Å². The molecule has 4 atom stereocenters. The second kappa shape index (κ2) is 16.7. The van der Waals surface area contributed by atoms with Crippen LogP contribution < -0.4 is 0 Å². The Bertz CT molecular complexity index is 624. The average Bonchev–Trinajstić information content (AvgIpc) is 3.06. The SMILES string of the molecule is CCCCCC/C=C/[C@H]1[C@H](COCC)CC(=O)[C@@H]1C/C=C\CCC(OC(C)=O)C(=O)OC. The van der Waals surface area contributed by atoms with E-state index < -0.39 is 18.0 Å². The Hall–Kier alpha value is -1.95. The van der Waals surface area contributed by atoms with E-state index in [9.17, 15) is 14.4 Å². The van der Waals surface area contributed by atoms with E-state index >= 15 is 0 Å². The fraction of sp³-hybridized carbons (Fsp3) is 0.731. The minimum atomic E-state index is -0.894. The number of Topliss-reactive ketones (excluding diaryl/α,β-unsaturated/α-hetero) is 1. The summed E-state index contributed by atoms with van der Waals surface area (Å²) in [6, 6.07) is 0. The third kappa shape index (κ3) is 10.6. The van der Waals surface area contributed by atoms with Gasteiger partial charge in [-0.15, -0.1) is 0 Å². The van der Waals surface area contributed by atoms with Crippen molar-refractivity contribution >= 4 is 17.7 Å². The van der Waals surface area contributed by atoms with Crippen molar-refractivity contribution in [2.45, 2.75) is 84.7 Å². The van der Waals surface area contributed by atoms with Crippen LogP contribution in [0.5, 0.6) is 0 Å². The minimum absolute atomic E-state index is 0.0338. The van der Waals surface area contributed by atoms with Crippen molar-refractivity contribution in [2.24, 2.45) is 17.8 Å². The smallest absolute Gasteiger partial charge is 0.347 e. The van der Waals surface area contributed by atoms with Gasteiger partial charge in [0.1, 0.15) is 5.78 Å². The van der Waals surface area contributed by atoms with E-state index in [1.54, 1.807) is 0 Å². The molecule has 6 nitrogen and oxygen atoms in total. The number of rotatable bonds is 16. The molecule has 1 unspecified atom stereocenters. The van der Waals surface area contributed by atoms with Gasteiger partial charge in [-0.2, -0.15) is 0 Å². The molecule has 1 aliphatic carbocycles. The molecule has 0 spiro atoms. The van der Waals surface area contributed by atoms with E-state index in [2.05, 4.69) is 23.8 Å². The molecule has 0 aromatic heterocycles. The van der Waals surface area contributed by atoms with Crippen molar-refractivity contribution in [1.29, 1.82) is 0 Å². The summed E-state index contributed by atoms with van der Waals surface area (Å²) in [5.74, 6) is -0.358. The fourth-order valence-corrected chi connectivity index (χ4v) is 4.22. The van der Waals surface area contributed by atoms with Gasteiger partial charge >= 0.3 is 11.9 Å². The molecule has 0 aromatic rings. The van der Waals surface area contributed by atoms with Gasteiger partial charge in [0.05, 0.1) is 13.7 Å². The zero-order valence-corrected chi connectivity index (χ0v) is 20.3. The predicted molar refractivity (Wildman–Crippen MR) is 125 cm³/mol. The van der Waals surface area contributed by atoms with E-state index in [-0.39, 0.29) is 17.8 Å². The molecule has 182 valence electrons. The molecular formula is C26H42O6. The standard InChI is InChI=1S/C26H42O6/c1-5-7-8-9-10-12-15-22-21(19-31-6-2)18-24(28)23(22)16-13-11-14-17-25(26(29)30-4)32-20(3)27/h11-13,15,21-23,25H,5-10,14,16-19H2,1-4H3/b13-11-,15-12+/t21-,22-,23+,25?/m0/s1. The van der Waals surface area contributed by atoms with Crippen molar-refractivity contribution in [3.8, 4) is 0 Å². The maximum absolute atomic E-state index is 12.7. The molecule has 0 N–H and O–H groups in total. The quantitative estimate of drug-likeness (QED) is 0.183. The molecule has 0 aromatic carbocycles. The Balaban J connectivity index is 2.64. The maximum Gasteiger partial charge on any atom is 0.347 e. The molecule has 0 amide bonds. The Morgan fingerprint density at radius 1 is 1.09 bits per heavy atom. The lowest BCUT2D eigenvalue weighted by Crippen LogP contribution is -2.27. The number of carbonyl (C=O) groups is 3. The van der Waals surface area contributed by atoms with Crippen molar-refractivity contribution in [1.82, 2.24) is 0 Å². The maximum atomic E-state index is 12.7. The molecule has 1 aliphatic rings. The van der Waals surface area contributed by atoms with Crippen molar-refractivity contribution in [3.63, 3.8) is 0 Å². The number of hydrogen-bond acceptors (Lipinski definition) is 6. The number of hydrogen-bond donors (Lipinski definition) is 0. The van der Waals surface area contributed by atoms with Crippen LogP contribution in [0.4, 0.5) is 0 Å². The lowest BCUT2D eigenvalue weighted by Gasteiger charge is -2.20. The molecule has 0 saturated heterocycles. The number of carbonyl (C=O) groups excluding carboxylic acids is 3. The van der Waals surface area contributed by atoms with Crippen LogP contribution in [0.2, 0.25) is 0 Å². The first-order valence-corrected chi connectivity index (χ1v) is 12.1. The van der Waals surface area contributed by atoms with Gasteiger partial charge in [0.2, 0.25) is 0 Å². The fourth-order valence-electron chi connectivity index (χ4n) is 4.22. The molecule has 1 rings (SSSR count). The molecule has 0 bridgehead atoms. The highest BCUT2D eigenvalue weighted by atomic mass is 16.6. The lowest BCUT2D eigenvalue weighted by atomic mass is 9.86. The zero-order valence-electron chi connectivity index (χ0n) is 20.3. The van der Waals surface area contributed by atoms with Gasteiger partial charge in [-0.1, -0.05) is 50.5 Å². The molecule has 1 saturated carbocycles. The Morgan fingerprint density at radius 3 is 2.53 bits per heavy atom. The Kier molecular flexibility index (Phi) is 14.6. The molecule has 0 radical (unpaired) electrons. The topological polar surface area (TPSA) is 78.9 Å². The molecule has 32 heavy (non-hydrogen) atoms. The number of ether oxygens (including phenoxy) is 3.